The van der Waals surface area contributed by atoms with Gasteiger partial charge in [-0.25, -0.2) is 4.39 Å². The monoisotopic (exact) mass is 435 g/mol. The van der Waals surface area contributed by atoms with Crippen molar-refractivity contribution in [1.82, 2.24) is 10.6 Å². The first-order valence-corrected chi connectivity index (χ1v) is 9.29. The minimum atomic E-state index is -1.30. The smallest absolute Gasteiger partial charge is 0.269 e. The zero-order valence-electron chi connectivity index (χ0n) is 16.7. The van der Waals surface area contributed by atoms with Crippen LogP contribution in [0.25, 0.3) is 0 Å². The number of carbonyl (C=O) groups excluding carboxylic acids is 1. The first-order chi connectivity index (χ1) is 14.2. The van der Waals surface area contributed by atoms with Crippen molar-refractivity contribution in [2.45, 2.75) is 25.2 Å². The SMILES string of the molecule is COC(CC(C)(NC(=S)NC(=O)c1ccccc1)c1cc([N+](=O)[O-])ccc1F)OC. The molecule has 10 heteroatoms. The zero-order valence-corrected chi connectivity index (χ0v) is 17.5. The van der Waals surface area contributed by atoms with Crippen LogP contribution in [0.5, 0.6) is 0 Å². The summed E-state index contributed by atoms with van der Waals surface area (Å²) in [5.41, 5.74) is -1.22. The predicted octanol–water partition coefficient (Wildman–Crippen LogP) is 3.26. The van der Waals surface area contributed by atoms with Gasteiger partial charge in [0.15, 0.2) is 11.4 Å². The van der Waals surface area contributed by atoms with Crippen LogP contribution in [0.4, 0.5) is 10.1 Å². The van der Waals surface area contributed by atoms with Crippen LogP contribution < -0.4 is 10.6 Å². The molecule has 0 saturated carbocycles. The number of benzene rings is 2. The van der Waals surface area contributed by atoms with Gasteiger partial charge in [0.05, 0.1) is 10.5 Å². The summed E-state index contributed by atoms with van der Waals surface area (Å²) in [7, 11) is 2.82. The number of nitro benzene ring substituents is 1. The molecular weight excluding hydrogens is 413 g/mol. The van der Waals surface area contributed by atoms with Crippen LogP contribution in [0.2, 0.25) is 0 Å². The number of methoxy groups -OCH3 is 2. The second-order valence-corrected chi connectivity index (χ2v) is 7.04. The lowest BCUT2D eigenvalue weighted by Crippen LogP contribution is -2.51. The minimum absolute atomic E-state index is 0.0212. The van der Waals surface area contributed by atoms with Gasteiger partial charge in [-0.1, -0.05) is 18.2 Å². The number of halogens is 1. The van der Waals surface area contributed by atoms with E-state index in [1.165, 1.54) is 14.2 Å². The summed E-state index contributed by atoms with van der Waals surface area (Å²) in [5.74, 6) is -1.14. The molecule has 1 unspecified atom stereocenters. The summed E-state index contributed by atoms with van der Waals surface area (Å²) in [6, 6.07) is 11.6. The van der Waals surface area contributed by atoms with Gasteiger partial charge < -0.3 is 14.8 Å². The van der Waals surface area contributed by atoms with Crippen molar-refractivity contribution in [3.8, 4) is 0 Å². The van der Waals surface area contributed by atoms with Gasteiger partial charge in [-0.2, -0.15) is 0 Å². The molecule has 0 spiro atoms. The van der Waals surface area contributed by atoms with Gasteiger partial charge in [0, 0.05) is 43.9 Å². The van der Waals surface area contributed by atoms with Gasteiger partial charge in [-0.3, -0.25) is 20.2 Å². The molecule has 2 aromatic carbocycles. The molecule has 2 N–H and O–H groups in total. The minimum Gasteiger partial charge on any atom is -0.356 e. The van der Waals surface area contributed by atoms with Crippen molar-refractivity contribution in [1.29, 1.82) is 0 Å². The van der Waals surface area contributed by atoms with Gasteiger partial charge >= 0.3 is 0 Å². The number of rotatable bonds is 8. The number of non-ortho nitro benzene ring substituents is 1. The van der Waals surface area contributed by atoms with Crippen molar-refractivity contribution >= 4 is 28.9 Å². The quantitative estimate of drug-likeness (QED) is 0.284. The molecule has 0 aliphatic carbocycles. The van der Waals surface area contributed by atoms with E-state index in [4.69, 9.17) is 21.7 Å². The van der Waals surface area contributed by atoms with Crippen molar-refractivity contribution in [2.24, 2.45) is 0 Å². The molecule has 1 atom stereocenters. The molecule has 160 valence electrons. The third-order valence-corrected chi connectivity index (χ3v) is 4.71. The van der Waals surface area contributed by atoms with Crippen molar-refractivity contribution in [2.75, 3.05) is 14.2 Å². The number of nitro groups is 1. The summed E-state index contributed by atoms with van der Waals surface area (Å²) in [6.45, 7) is 1.58. The fourth-order valence-electron chi connectivity index (χ4n) is 2.92. The highest BCUT2D eigenvalue weighted by Crippen LogP contribution is 2.32. The lowest BCUT2D eigenvalue weighted by atomic mass is 9.87. The lowest BCUT2D eigenvalue weighted by Gasteiger charge is -2.35. The topological polar surface area (TPSA) is 103 Å². The van der Waals surface area contributed by atoms with Crippen LogP contribution in [0, 0.1) is 15.9 Å². The van der Waals surface area contributed by atoms with E-state index >= 15 is 0 Å². The molecule has 30 heavy (non-hydrogen) atoms. The predicted molar refractivity (Wildman–Crippen MR) is 112 cm³/mol. The number of ether oxygens (including phenoxy) is 2. The largest absolute Gasteiger partial charge is 0.356 e. The Balaban J connectivity index is 2.35. The highest BCUT2D eigenvalue weighted by Gasteiger charge is 2.35. The second-order valence-electron chi connectivity index (χ2n) is 6.63. The summed E-state index contributed by atoms with van der Waals surface area (Å²) in [5, 5.41) is 16.5. The van der Waals surface area contributed by atoms with E-state index in [0.717, 1.165) is 18.2 Å². The molecule has 8 nitrogen and oxygen atoms in total. The van der Waals surface area contributed by atoms with Crippen LogP contribution in [0.1, 0.15) is 29.3 Å². The van der Waals surface area contributed by atoms with E-state index in [-0.39, 0.29) is 22.8 Å². The third kappa shape index (κ3) is 5.78. The summed E-state index contributed by atoms with van der Waals surface area (Å²) in [6.07, 6.45) is -0.729. The molecule has 1 amide bonds. The molecular formula is C20H22FN3O5S. The van der Waals surface area contributed by atoms with E-state index in [9.17, 15) is 19.3 Å². The van der Waals surface area contributed by atoms with E-state index in [1.807, 2.05) is 0 Å². The summed E-state index contributed by atoms with van der Waals surface area (Å²) in [4.78, 5) is 22.9. The number of thiocarbonyl (C=S) groups is 1. The Hall–Kier alpha value is -2.95. The van der Waals surface area contributed by atoms with Crippen molar-refractivity contribution in [3.63, 3.8) is 0 Å². The third-order valence-electron chi connectivity index (χ3n) is 4.51. The molecule has 0 radical (unpaired) electrons. The van der Waals surface area contributed by atoms with Crippen molar-refractivity contribution < 1.29 is 23.6 Å². The average Bonchev–Trinajstić information content (AvgIpc) is 2.72. The van der Waals surface area contributed by atoms with Gasteiger partial charge in [-0.05, 0) is 37.3 Å². The van der Waals surface area contributed by atoms with Crippen molar-refractivity contribution in [3.05, 3.63) is 75.6 Å². The van der Waals surface area contributed by atoms with E-state index in [1.54, 1.807) is 37.3 Å². The molecule has 2 aromatic rings. The zero-order chi connectivity index (χ0) is 22.3. The van der Waals surface area contributed by atoms with E-state index in [0.29, 0.717) is 5.56 Å². The molecule has 0 fully saturated rings. The molecule has 0 aliphatic heterocycles. The summed E-state index contributed by atoms with van der Waals surface area (Å²) >= 11 is 5.25. The Bertz CT molecular complexity index is 924. The first-order valence-electron chi connectivity index (χ1n) is 8.88. The normalized spacial score (nSPS) is 12.8. The summed E-state index contributed by atoms with van der Waals surface area (Å²) < 4.78 is 25.1. The van der Waals surface area contributed by atoms with Crippen LogP contribution in [0.15, 0.2) is 48.5 Å². The molecule has 0 saturated heterocycles. The van der Waals surface area contributed by atoms with Gasteiger partial charge in [0.25, 0.3) is 11.6 Å². The number of nitrogens with one attached hydrogen (secondary N) is 2. The maximum atomic E-state index is 14.7. The molecule has 0 bridgehead atoms. The van der Waals surface area contributed by atoms with Gasteiger partial charge in [-0.15, -0.1) is 0 Å². The Morgan fingerprint density at radius 1 is 1.23 bits per heavy atom. The Kier molecular flexibility index (Phi) is 7.93. The molecule has 2 rings (SSSR count). The Labute approximate surface area is 178 Å². The highest BCUT2D eigenvalue weighted by molar-refractivity contribution is 7.80. The average molecular weight is 435 g/mol. The van der Waals surface area contributed by atoms with Gasteiger partial charge in [0.2, 0.25) is 0 Å². The van der Waals surface area contributed by atoms with E-state index in [2.05, 4.69) is 10.6 Å². The Morgan fingerprint density at radius 3 is 2.43 bits per heavy atom. The molecule has 0 heterocycles. The number of carbonyl (C=O) groups is 1. The fraction of sp³-hybridized carbons (Fsp3) is 0.300. The Morgan fingerprint density at radius 2 is 1.87 bits per heavy atom. The highest BCUT2D eigenvalue weighted by atomic mass is 32.1. The number of amides is 1. The maximum absolute atomic E-state index is 14.7. The molecule has 0 aromatic heterocycles. The first kappa shape index (κ1) is 23.3. The van der Waals surface area contributed by atoms with E-state index < -0.39 is 28.5 Å². The van der Waals surface area contributed by atoms with Gasteiger partial charge in [0.1, 0.15) is 5.82 Å². The molecule has 0 aliphatic rings. The standard InChI is InChI=1S/C20H22FN3O5S/c1-20(12-17(28-2)29-3,15-11-14(24(26)27)9-10-16(15)21)23-19(30)22-18(25)13-7-5-4-6-8-13/h4-11,17H,12H2,1-3H3,(H2,22,23,25,30). The fourth-order valence-corrected chi connectivity index (χ4v) is 3.24. The number of hydrogen-bond donors (Lipinski definition) is 2. The van der Waals surface area contributed by atoms with Crippen LogP contribution >= 0.6 is 12.2 Å². The van der Waals surface area contributed by atoms with Crippen LogP contribution in [-0.4, -0.2) is 36.5 Å². The van der Waals surface area contributed by atoms with Crippen LogP contribution in [0.3, 0.4) is 0 Å². The van der Waals surface area contributed by atoms with Crippen LogP contribution in [-0.2, 0) is 15.0 Å². The second kappa shape index (κ2) is 10.2. The number of hydrogen-bond acceptors (Lipinski definition) is 6. The lowest BCUT2D eigenvalue weighted by molar-refractivity contribution is -0.385. The maximum Gasteiger partial charge on any atom is 0.269 e. The number of nitrogens with zero attached hydrogens (tertiary/aromatic N) is 1.